The summed E-state index contributed by atoms with van der Waals surface area (Å²) in [5, 5.41) is 11.2. The average molecular weight is 1190 g/mol. The highest BCUT2D eigenvalue weighted by molar-refractivity contribution is 9.10. The molecule has 10 rings (SSSR count). The smallest absolute Gasteiger partial charge is 0.339 e. The highest BCUT2D eigenvalue weighted by Crippen LogP contribution is 2.32. The van der Waals surface area contributed by atoms with Crippen LogP contribution in [0.3, 0.4) is 0 Å². The number of carbonyl (C=O) groups excluding carboxylic acids is 3. The number of methoxy groups -OCH3 is 2. The normalized spacial score (nSPS) is 9.91. The number of benzene rings is 6. The Bertz CT molecular complexity index is 3510. The number of hydrogen-bond donors (Lipinski definition) is 3. The molecule has 392 valence electrons. The third kappa shape index (κ3) is 17.0. The fraction of sp³-hybridized carbons (Fsp3) is 0.0727. The Hall–Kier alpha value is -7.57. The molecule has 0 bridgehead atoms. The molecule has 0 unspecified atom stereocenters. The minimum atomic E-state index is -0.569. The van der Waals surface area contributed by atoms with Crippen LogP contribution >= 0.6 is 73.9 Å². The summed E-state index contributed by atoms with van der Waals surface area (Å²) in [5.74, 6) is 1.03. The lowest BCUT2D eigenvalue weighted by Gasteiger charge is -2.08. The zero-order chi connectivity index (χ0) is 53.1. The van der Waals surface area contributed by atoms with Crippen LogP contribution in [0, 0.1) is 5.82 Å². The van der Waals surface area contributed by atoms with Gasteiger partial charge in [0.15, 0.2) is 5.78 Å². The number of aromatic nitrogens is 6. The van der Waals surface area contributed by atoms with Crippen LogP contribution in [0.2, 0.25) is 25.4 Å². The highest BCUT2D eigenvalue weighted by Gasteiger charge is 2.20. The number of aromatic hydroxyl groups is 1. The van der Waals surface area contributed by atoms with E-state index >= 15 is 0 Å². The molecule has 0 spiro atoms. The predicted octanol–water partition coefficient (Wildman–Crippen LogP) is 16.5. The summed E-state index contributed by atoms with van der Waals surface area (Å²) < 4.78 is 33.7. The zero-order valence-electron chi connectivity index (χ0n) is 38.4. The molecule has 4 aromatic heterocycles. The van der Waals surface area contributed by atoms with Gasteiger partial charge in [0.2, 0.25) is 0 Å². The number of aromatic amines is 2. The number of ether oxygens (including phenoxy) is 4. The molecule has 4 heterocycles. The first kappa shape index (κ1) is 61.0. The largest absolute Gasteiger partial charge is 0.508 e. The summed E-state index contributed by atoms with van der Waals surface area (Å²) in [6.45, 7) is 0. The number of halogens is 7. The van der Waals surface area contributed by atoms with Crippen LogP contribution in [0.4, 0.5) is 4.39 Å². The zero-order valence-corrected chi connectivity index (χ0v) is 43.8. The van der Waals surface area contributed by atoms with Crippen LogP contribution in [0.5, 0.6) is 28.7 Å². The second kappa shape index (κ2) is 30.1. The van der Waals surface area contributed by atoms with E-state index in [1.807, 2.05) is 66.7 Å². The van der Waals surface area contributed by atoms with Crippen LogP contribution in [0.25, 0.3) is 22.1 Å². The van der Waals surface area contributed by atoms with Gasteiger partial charge >= 0.3 is 11.9 Å². The number of nitrogens with zero attached hydrogens (tertiary/aromatic N) is 4. The number of carbonyl (C=O) groups is 3. The Labute approximate surface area is 469 Å². The van der Waals surface area contributed by atoms with E-state index in [2.05, 4.69) is 55.3 Å². The summed E-state index contributed by atoms with van der Waals surface area (Å²) >= 11 is 33.1. The Morgan fingerprint density at radius 3 is 1.37 bits per heavy atom. The van der Waals surface area contributed by atoms with E-state index in [1.54, 1.807) is 73.1 Å². The van der Waals surface area contributed by atoms with E-state index in [-0.39, 0.29) is 41.4 Å². The lowest BCUT2D eigenvalue weighted by atomic mass is 10.0. The molecule has 14 nitrogen and oxygen atoms in total. The van der Waals surface area contributed by atoms with Crippen molar-refractivity contribution in [2.45, 2.75) is 14.9 Å². The summed E-state index contributed by atoms with van der Waals surface area (Å²) in [4.78, 5) is 56.9. The maximum atomic E-state index is 12.9. The van der Waals surface area contributed by atoms with E-state index < -0.39 is 17.8 Å². The number of phenols is 1. The van der Waals surface area contributed by atoms with Gasteiger partial charge in [-0.3, -0.25) is 4.79 Å². The highest BCUT2D eigenvalue weighted by atomic mass is 79.9. The van der Waals surface area contributed by atoms with Crippen molar-refractivity contribution in [2.24, 2.45) is 0 Å². The molecule has 0 fully saturated rings. The van der Waals surface area contributed by atoms with Crippen LogP contribution in [0.1, 0.15) is 51.5 Å². The van der Waals surface area contributed by atoms with Gasteiger partial charge in [0.25, 0.3) is 0 Å². The third-order valence-electron chi connectivity index (χ3n) is 9.63. The molecule has 76 heavy (non-hydrogen) atoms. The molecule has 0 radical (unpaired) electrons. The number of nitrogens with one attached hydrogen (secondary N) is 2. The molecule has 10 aromatic rings. The second-order valence-electron chi connectivity index (χ2n) is 14.5. The number of H-pyrrole nitrogens is 2. The second-order valence-corrected chi connectivity index (χ2v) is 17.3. The quantitative estimate of drug-likeness (QED) is 0.0742. The van der Waals surface area contributed by atoms with E-state index in [4.69, 9.17) is 72.6 Å². The summed E-state index contributed by atoms with van der Waals surface area (Å²) in [7, 11) is 2.55. The van der Waals surface area contributed by atoms with E-state index in [0.29, 0.717) is 66.6 Å². The molecule has 0 saturated heterocycles. The van der Waals surface area contributed by atoms with Gasteiger partial charge in [0.05, 0.1) is 56.8 Å². The van der Waals surface area contributed by atoms with E-state index in [0.717, 1.165) is 27.6 Å². The number of rotatable bonds is 8. The molecule has 0 aliphatic rings. The van der Waals surface area contributed by atoms with Crippen molar-refractivity contribution in [3.8, 4) is 28.7 Å². The molecule has 0 saturated carbocycles. The molecule has 0 aliphatic carbocycles. The number of ketones is 1. The van der Waals surface area contributed by atoms with E-state index in [9.17, 15) is 18.8 Å². The summed E-state index contributed by atoms with van der Waals surface area (Å²) in [6.07, 6.45) is 6.09. The number of phenolic OH excluding ortho intramolecular Hbond substituents is 1. The van der Waals surface area contributed by atoms with Crippen molar-refractivity contribution in [2.75, 3.05) is 14.2 Å². The first-order chi connectivity index (χ1) is 35.7. The predicted molar refractivity (Wildman–Crippen MR) is 301 cm³/mol. The lowest BCUT2D eigenvalue weighted by molar-refractivity contribution is 0.0592. The lowest BCUT2D eigenvalue weighted by Crippen LogP contribution is -2.02. The van der Waals surface area contributed by atoms with Crippen molar-refractivity contribution >= 4 is 114 Å². The Kier molecular flexibility index (Phi) is 24.2. The molecule has 21 heteroatoms. The molecule has 3 N–H and O–H groups in total. The van der Waals surface area contributed by atoms with Crippen molar-refractivity contribution < 1.29 is 42.8 Å². The Morgan fingerprint density at radius 1 is 0.513 bits per heavy atom. The number of para-hydroxylation sites is 3. The van der Waals surface area contributed by atoms with E-state index in [1.165, 1.54) is 32.9 Å². The van der Waals surface area contributed by atoms with Crippen LogP contribution in [-0.2, 0) is 9.47 Å². The van der Waals surface area contributed by atoms with Crippen molar-refractivity contribution in [1.82, 2.24) is 29.9 Å². The van der Waals surface area contributed by atoms with Crippen LogP contribution < -0.4 is 9.47 Å². The first-order valence-corrected chi connectivity index (χ1v) is 23.9. The molecule has 0 amide bonds. The van der Waals surface area contributed by atoms with Gasteiger partial charge in [-0.05, 0) is 94.8 Å². The fourth-order valence-electron chi connectivity index (χ4n) is 6.16. The van der Waals surface area contributed by atoms with Gasteiger partial charge in [-0.25, -0.2) is 33.9 Å². The topological polar surface area (TPSA) is 191 Å². The van der Waals surface area contributed by atoms with Gasteiger partial charge in [0, 0.05) is 34.6 Å². The van der Waals surface area contributed by atoms with Gasteiger partial charge < -0.3 is 34.0 Å². The Balaban J connectivity index is 0.000000218. The van der Waals surface area contributed by atoms with Gasteiger partial charge in [-0.15, -0.1) is 0 Å². The van der Waals surface area contributed by atoms with Gasteiger partial charge in [0.1, 0.15) is 68.8 Å². The van der Waals surface area contributed by atoms with Crippen LogP contribution in [-0.4, -0.2) is 67.0 Å². The van der Waals surface area contributed by atoms with Crippen molar-refractivity contribution in [1.29, 1.82) is 0 Å². The number of esters is 2. The van der Waals surface area contributed by atoms with Crippen molar-refractivity contribution in [3.05, 3.63) is 229 Å². The standard InChI is InChI=1S/C19H11Cl2N3O2.C14H11ClO3.C8H6ClFO2.C6H3BrClN3.C6H6O.2CH4/c20-15-8-12(26-11-4-2-1-3-5-11)6-7-13(15)17(25)14-9-22-19-16(14)18(21)23-10-24-19;1-17-14(16)12-8-7-11(9-13(12)15)18-10-5-3-2-4-6-10;1-12-8(11)6-3-2-5(10)4-7(6)9;7-3-1-9-6-4(3)5(8)10-2-11-6;7-6-4-2-1-3-5-6;;/h1-10H,(H,22,23,24);2-9H,1H3;2-4H,1H3;1-2H,(H,9,10,11);1-5,7H;2*1H4. The number of fused-ring (bicyclic) bond motifs is 2. The van der Waals surface area contributed by atoms with Gasteiger partial charge in [-0.2, -0.15) is 0 Å². The van der Waals surface area contributed by atoms with Gasteiger partial charge in [-0.1, -0.05) is 127 Å². The molecular weight excluding hydrogens is 1150 g/mol. The average Bonchev–Trinajstić information content (AvgIpc) is 4.02. The fourth-order valence-corrected chi connectivity index (χ4v) is 7.98. The number of hydrogen-bond acceptors (Lipinski definition) is 12. The maximum absolute atomic E-state index is 12.9. The first-order valence-electron chi connectivity index (χ1n) is 21.2. The summed E-state index contributed by atoms with van der Waals surface area (Å²) in [5.41, 5.74) is 2.43. The molecule has 6 aromatic carbocycles. The van der Waals surface area contributed by atoms with Crippen LogP contribution in [0.15, 0.2) is 175 Å². The summed E-state index contributed by atoms with van der Waals surface area (Å²) in [6, 6.07) is 40.6. The minimum absolute atomic E-state index is 0. The monoisotopic (exact) mass is 1190 g/mol. The third-order valence-corrected chi connectivity index (χ3v) is 11.8. The minimum Gasteiger partial charge on any atom is -0.508 e. The SMILES string of the molecule is C.C.COC(=O)c1ccc(F)cc1Cl.COC(=O)c1ccc(Oc2ccccc2)cc1Cl.Clc1ncnc2[nH]cc(Br)c12.O=C(c1ccc(Oc2ccccc2)cc1Cl)c1c[nH]c2ncnc(Cl)c12.Oc1ccccc1. The van der Waals surface area contributed by atoms with Crippen molar-refractivity contribution in [3.63, 3.8) is 0 Å². The Morgan fingerprint density at radius 2 is 0.934 bits per heavy atom. The molecule has 0 aliphatic heterocycles. The maximum Gasteiger partial charge on any atom is 0.339 e. The molecular formula is C55H45BrCl5FN6O8. The molecule has 0 atom stereocenters.